The molecule has 21 heavy (non-hydrogen) atoms. The summed E-state index contributed by atoms with van der Waals surface area (Å²) in [5, 5.41) is 7.17. The van der Waals surface area contributed by atoms with Crippen LogP contribution in [-0.4, -0.2) is 36.9 Å². The van der Waals surface area contributed by atoms with Gasteiger partial charge in [-0.1, -0.05) is 18.2 Å². The number of alkyl halides is 3. The molecule has 0 aromatic heterocycles. The van der Waals surface area contributed by atoms with E-state index in [1.165, 1.54) is 31.2 Å². The van der Waals surface area contributed by atoms with E-state index in [4.69, 9.17) is 5.41 Å². The quantitative estimate of drug-likeness (QED) is 0.392. The number of benzene rings is 1. The maximum absolute atomic E-state index is 12.7. The average Bonchev–Trinajstić information content (AvgIpc) is 2.44. The van der Waals surface area contributed by atoms with Crippen molar-refractivity contribution in [3.05, 3.63) is 30.3 Å². The van der Waals surface area contributed by atoms with E-state index in [0.717, 1.165) is 0 Å². The number of rotatable bonds is 5. The topological polar surface area (TPSA) is 70.5 Å². The molecule has 1 aromatic carbocycles. The minimum absolute atomic E-state index is 0.0162. The van der Waals surface area contributed by atoms with Crippen molar-refractivity contribution in [2.24, 2.45) is 0 Å². The van der Waals surface area contributed by atoms with E-state index >= 15 is 0 Å². The third kappa shape index (κ3) is 4.59. The Bertz CT molecular complexity index is 529. The van der Waals surface area contributed by atoms with Gasteiger partial charge in [-0.3, -0.25) is 10.2 Å². The van der Waals surface area contributed by atoms with Gasteiger partial charge in [0.25, 0.3) is 5.78 Å². The van der Waals surface area contributed by atoms with Crippen molar-refractivity contribution < 1.29 is 27.5 Å². The number of para-hydroxylation sites is 1. The monoisotopic (exact) mass is 302 g/mol. The highest BCUT2D eigenvalue weighted by molar-refractivity contribution is 6.35. The van der Waals surface area contributed by atoms with E-state index in [-0.39, 0.29) is 12.3 Å². The molecule has 0 bridgehead atoms. The number of carbonyl (C=O) groups is 2. The summed E-state index contributed by atoms with van der Waals surface area (Å²) in [6.45, 7) is 0.492. The number of hydrogen-bond acceptors (Lipinski definition) is 4. The molecule has 0 heterocycles. The number of hydrogen-bond donors (Lipinski definition) is 1. The Morgan fingerprint density at radius 2 is 1.81 bits per heavy atom. The highest BCUT2D eigenvalue weighted by Crippen LogP contribution is 2.23. The van der Waals surface area contributed by atoms with E-state index in [1.807, 2.05) is 0 Å². The Morgan fingerprint density at radius 3 is 2.29 bits per heavy atom. The van der Waals surface area contributed by atoms with Crippen LogP contribution in [0.25, 0.3) is 0 Å². The van der Waals surface area contributed by atoms with Crippen LogP contribution >= 0.6 is 0 Å². The number of carbonyl (C=O) groups excluding carboxylic acids is 2. The summed E-state index contributed by atoms with van der Waals surface area (Å²) < 4.78 is 42.5. The number of halogens is 3. The van der Waals surface area contributed by atoms with Crippen LogP contribution in [-0.2, 0) is 14.3 Å². The Morgan fingerprint density at radius 1 is 1.24 bits per heavy atom. The van der Waals surface area contributed by atoms with Crippen molar-refractivity contribution >= 4 is 23.3 Å². The molecule has 0 amide bonds. The van der Waals surface area contributed by atoms with Crippen LogP contribution in [0.2, 0.25) is 0 Å². The van der Waals surface area contributed by atoms with Crippen LogP contribution in [0.4, 0.5) is 18.9 Å². The molecule has 1 N–H and O–H groups in total. The fraction of sp³-hybridized carbons (Fsp3) is 0.308. The van der Waals surface area contributed by atoms with Gasteiger partial charge in [0.05, 0.1) is 13.2 Å². The lowest BCUT2D eigenvalue weighted by molar-refractivity contribution is -0.152. The first kappa shape index (κ1) is 16.7. The molecule has 1 rings (SSSR count). The highest BCUT2D eigenvalue weighted by Gasteiger charge is 2.40. The fourth-order valence-corrected chi connectivity index (χ4v) is 1.48. The van der Waals surface area contributed by atoms with E-state index in [0.29, 0.717) is 4.90 Å². The minimum atomic E-state index is -4.94. The summed E-state index contributed by atoms with van der Waals surface area (Å²) in [5.41, 5.74) is -0.0162. The molecule has 0 unspecified atom stereocenters. The molecule has 0 aliphatic heterocycles. The van der Waals surface area contributed by atoms with Gasteiger partial charge < -0.3 is 9.64 Å². The normalized spacial score (nSPS) is 10.9. The summed E-state index contributed by atoms with van der Waals surface area (Å²) in [5.74, 6) is -4.12. The zero-order valence-electron chi connectivity index (χ0n) is 11.1. The number of anilines is 1. The Labute approximate surface area is 118 Å². The average molecular weight is 302 g/mol. The SMILES string of the molecule is CCOC(=O)C(=O)CN(C(=N)C(F)(F)F)c1ccccc1. The standard InChI is InChI=1S/C13H13F3N2O3/c1-2-21-11(20)10(19)8-18(12(17)13(14,15)16)9-6-4-3-5-7-9/h3-7,17H,2,8H2,1H3. The highest BCUT2D eigenvalue weighted by atomic mass is 19.4. The van der Waals surface area contributed by atoms with E-state index in [2.05, 4.69) is 4.74 Å². The molecular weight excluding hydrogens is 289 g/mol. The Hall–Kier alpha value is -2.38. The first-order chi connectivity index (χ1) is 9.77. The summed E-state index contributed by atoms with van der Waals surface area (Å²) in [4.78, 5) is 23.2. The van der Waals surface area contributed by atoms with Gasteiger partial charge in [0, 0.05) is 5.69 Å². The van der Waals surface area contributed by atoms with Crippen molar-refractivity contribution in [2.75, 3.05) is 18.1 Å². The summed E-state index contributed by atoms with van der Waals surface area (Å²) >= 11 is 0. The van der Waals surface area contributed by atoms with Crippen LogP contribution in [0, 0.1) is 5.41 Å². The number of esters is 1. The molecule has 0 atom stereocenters. The lowest BCUT2D eigenvalue weighted by Gasteiger charge is -2.25. The predicted molar refractivity (Wildman–Crippen MR) is 69.2 cm³/mol. The number of ether oxygens (including phenoxy) is 1. The molecule has 0 radical (unpaired) electrons. The third-order valence-corrected chi connectivity index (χ3v) is 2.41. The fourth-order valence-electron chi connectivity index (χ4n) is 1.48. The van der Waals surface area contributed by atoms with Gasteiger partial charge >= 0.3 is 12.1 Å². The number of Topliss-reactive ketones (excluding diaryl/α,β-unsaturated/α-hetero) is 1. The van der Waals surface area contributed by atoms with Crippen LogP contribution in [0.3, 0.4) is 0 Å². The van der Waals surface area contributed by atoms with Crippen LogP contribution in [0.1, 0.15) is 6.92 Å². The molecule has 0 aliphatic carbocycles. The van der Waals surface area contributed by atoms with Crippen molar-refractivity contribution in [2.45, 2.75) is 13.1 Å². The summed E-state index contributed by atoms with van der Waals surface area (Å²) in [6, 6.07) is 7.10. The summed E-state index contributed by atoms with van der Waals surface area (Å²) in [7, 11) is 0. The molecular formula is C13H13F3N2O3. The molecule has 0 saturated heterocycles. The van der Waals surface area contributed by atoms with E-state index < -0.39 is 30.3 Å². The zero-order valence-corrected chi connectivity index (χ0v) is 11.1. The second-order valence-corrected chi connectivity index (χ2v) is 3.91. The second kappa shape index (κ2) is 6.87. The Balaban J connectivity index is 3.02. The molecule has 0 saturated carbocycles. The van der Waals surface area contributed by atoms with Crippen LogP contribution < -0.4 is 4.90 Å². The van der Waals surface area contributed by atoms with Crippen molar-refractivity contribution in [3.8, 4) is 0 Å². The van der Waals surface area contributed by atoms with Gasteiger partial charge in [-0.15, -0.1) is 0 Å². The van der Waals surface area contributed by atoms with Gasteiger partial charge in [0.1, 0.15) is 0 Å². The van der Waals surface area contributed by atoms with Crippen LogP contribution in [0.5, 0.6) is 0 Å². The van der Waals surface area contributed by atoms with Gasteiger partial charge in [-0.2, -0.15) is 13.2 Å². The maximum atomic E-state index is 12.7. The maximum Gasteiger partial charge on any atom is 0.449 e. The van der Waals surface area contributed by atoms with Crippen molar-refractivity contribution in [1.82, 2.24) is 0 Å². The molecule has 0 spiro atoms. The van der Waals surface area contributed by atoms with Crippen molar-refractivity contribution in [3.63, 3.8) is 0 Å². The van der Waals surface area contributed by atoms with Gasteiger partial charge in [0.2, 0.25) is 5.84 Å². The Kier molecular flexibility index (Phi) is 5.45. The molecule has 1 aromatic rings. The molecule has 0 aliphatic rings. The lowest BCUT2D eigenvalue weighted by atomic mass is 10.2. The van der Waals surface area contributed by atoms with Gasteiger partial charge in [-0.25, -0.2) is 4.79 Å². The number of nitrogens with zero attached hydrogens (tertiary/aromatic N) is 1. The number of amidine groups is 1. The van der Waals surface area contributed by atoms with Gasteiger partial charge in [0.15, 0.2) is 0 Å². The summed E-state index contributed by atoms with van der Waals surface area (Å²) in [6.07, 6.45) is -4.94. The third-order valence-electron chi connectivity index (χ3n) is 2.41. The lowest BCUT2D eigenvalue weighted by Crippen LogP contribution is -2.45. The second-order valence-electron chi connectivity index (χ2n) is 3.91. The molecule has 5 nitrogen and oxygen atoms in total. The molecule has 114 valence electrons. The predicted octanol–water partition coefficient (Wildman–Crippen LogP) is 2.16. The van der Waals surface area contributed by atoms with E-state index in [9.17, 15) is 22.8 Å². The van der Waals surface area contributed by atoms with Crippen LogP contribution in [0.15, 0.2) is 30.3 Å². The smallest absolute Gasteiger partial charge is 0.449 e. The largest absolute Gasteiger partial charge is 0.460 e. The molecule has 0 fully saturated rings. The molecule has 8 heteroatoms. The number of nitrogens with one attached hydrogen (secondary N) is 1. The van der Waals surface area contributed by atoms with Crippen molar-refractivity contribution in [1.29, 1.82) is 5.41 Å². The first-order valence-electron chi connectivity index (χ1n) is 5.95. The zero-order chi connectivity index (χ0) is 16.0. The first-order valence-corrected chi connectivity index (χ1v) is 5.95. The van der Waals surface area contributed by atoms with E-state index in [1.54, 1.807) is 6.07 Å². The number of ketones is 1. The minimum Gasteiger partial charge on any atom is -0.460 e. The van der Waals surface area contributed by atoms with Gasteiger partial charge in [-0.05, 0) is 19.1 Å².